The van der Waals surface area contributed by atoms with Gasteiger partial charge in [0.15, 0.2) is 0 Å². The van der Waals surface area contributed by atoms with E-state index in [1.54, 1.807) is 7.11 Å². The van der Waals surface area contributed by atoms with E-state index in [9.17, 15) is 0 Å². The zero-order valence-corrected chi connectivity index (χ0v) is 16.0. The summed E-state index contributed by atoms with van der Waals surface area (Å²) in [5, 5.41) is 3.49. The molecular formula is C23H29FN2O. The van der Waals surface area contributed by atoms with Crippen molar-refractivity contribution >= 4 is 0 Å². The molecule has 2 fully saturated rings. The van der Waals surface area contributed by atoms with Gasteiger partial charge in [0.1, 0.15) is 11.4 Å². The highest BCUT2D eigenvalue weighted by atomic mass is 19.1. The van der Waals surface area contributed by atoms with Gasteiger partial charge >= 0.3 is 0 Å². The lowest BCUT2D eigenvalue weighted by Crippen LogP contribution is -2.47. The standard InChI is InChI=1S/C23H29FN2O/c1-27-20-9-7-18(8-10-20)16-26-13-11-23(24,12-14-26)17-25-22-15-21(22)19-5-3-2-4-6-19/h2-10,21-22,25H,11-17H2,1H3. The van der Waals surface area contributed by atoms with Crippen molar-refractivity contribution in [3.8, 4) is 5.75 Å². The summed E-state index contributed by atoms with van der Waals surface area (Å²) in [6.45, 7) is 3.00. The first-order valence-electron chi connectivity index (χ1n) is 9.98. The molecule has 1 aliphatic heterocycles. The van der Waals surface area contributed by atoms with Crippen molar-refractivity contribution in [2.75, 3.05) is 26.7 Å². The third-order valence-corrected chi connectivity index (χ3v) is 6.02. The molecule has 4 rings (SSSR count). The molecule has 0 aromatic heterocycles. The van der Waals surface area contributed by atoms with Crippen LogP contribution in [0.4, 0.5) is 4.39 Å². The largest absolute Gasteiger partial charge is 0.497 e. The third-order valence-electron chi connectivity index (χ3n) is 6.02. The van der Waals surface area contributed by atoms with Crippen LogP contribution in [0.1, 0.15) is 36.3 Å². The first-order chi connectivity index (χ1) is 13.1. The molecule has 1 N–H and O–H groups in total. The Morgan fingerprint density at radius 1 is 1.07 bits per heavy atom. The Labute approximate surface area is 161 Å². The van der Waals surface area contributed by atoms with Crippen molar-refractivity contribution in [3.63, 3.8) is 0 Å². The average molecular weight is 368 g/mol. The number of methoxy groups -OCH3 is 1. The summed E-state index contributed by atoms with van der Waals surface area (Å²) in [4.78, 5) is 2.35. The number of ether oxygens (including phenoxy) is 1. The minimum Gasteiger partial charge on any atom is -0.497 e. The first kappa shape index (κ1) is 18.5. The highest BCUT2D eigenvalue weighted by molar-refractivity contribution is 5.28. The molecule has 2 atom stereocenters. The summed E-state index contributed by atoms with van der Waals surface area (Å²) in [6.07, 6.45) is 2.35. The smallest absolute Gasteiger partial charge is 0.125 e. The number of alkyl halides is 1. The van der Waals surface area contributed by atoms with E-state index in [0.29, 0.717) is 31.3 Å². The maximum absolute atomic E-state index is 15.2. The van der Waals surface area contributed by atoms with Crippen molar-refractivity contribution in [1.82, 2.24) is 10.2 Å². The second-order valence-corrected chi connectivity index (χ2v) is 8.02. The van der Waals surface area contributed by atoms with Gasteiger partial charge in [0.25, 0.3) is 0 Å². The van der Waals surface area contributed by atoms with Crippen LogP contribution in [0.25, 0.3) is 0 Å². The monoisotopic (exact) mass is 368 g/mol. The zero-order valence-electron chi connectivity index (χ0n) is 16.0. The number of halogens is 1. The van der Waals surface area contributed by atoms with Gasteiger partial charge in [-0.2, -0.15) is 0 Å². The van der Waals surface area contributed by atoms with Gasteiger partial charge in [-0.3, -0.25) is 4.90 Å². The Bertz CT molecular complexity index is 726. The summed E-state index contributed by atoms with van der Waals surface area (Å²) in [7, 11) is 1.68. The number of rotatable bonds is 7. The first-order valence-corrected chi connectivity index (χ1v) is 9.98. The number of likely N-dealkylation sites (tertiary alicyclic amines) is 1. The van der Waals surface area contributed by atoms with Crippen molar-refractivity contribution in [2.24, 2.45) is 0 Å². The molecule has 3 nitrogen and oxygen atoms in total. The second kappa shape index (κ2) is 7.99. The van der Waals surface area contributed by atoms with E-state index in [1.807, 2.05) is 18.2 Å². The molecule has 2 aliphatic rings. The fourth-order valence-corrected chi connectivity index (χ4v) is 4.08. The molecule has 27 heavy (non-hydrogen) atoms. The Balaban J connectivity index is 1.21. The highest BCUT2D eigenvalue weighted by Crippen LogP contribution is 2.41. The molecule has 1 saturated carbocycles. The van der Waals surface area contributed by atoms with E-state index >= 15 is 4.39 Å². The van der Waals surface area contributed by atoms with E-state index < -0.39 is 5.67 Å². The Morgan fingerprint density at radius 3 is 2.44 bits per heavy atom. The van der Waals surface area contributed by atoms with Crippen LogP contribution in [0.2, 0.25) is 0 Å². The molecule has 1 heterocycles. The van der Waals surface area contributed by atoms with Gasteiger partial charge in [-0.15, -0.1) is 0 Å². The number of nitrogens with one attached hydrogen (secondary N) is 1. The quantitative estimate of drug-likeness (QED) is 0.795. The van der Waals surface area contributed by atoms with Gasteiger partial charge < -0.3 is 10.1 Å². The lowest BCUT2D eigenvalue weighted by molar-refractivity contribution is 0.0544. The van der Waals surface area contributed by atoms with Gasteiger partial charge in [-0.25, -0.2) is 4.39 Å². The number of hydrogen-bond acceptors (Lipinski definition) is 3. The normalized spacial score (nSPS) is 24.5. The SMILES string of the molecule is COc1ccc(CN2CCC(F)(CNC3CC3c3ccccc3)CC2)cc1. The van der Waals surface area contributed by atoms with E-state index in [0.717, 1.165) is 31.8 Å². The molecule has 1 saturated heterocycles. The molecule has 0 bridgehead atoms. The van der Waals surface area contributed by atoms with E-state index in [-0.39, 0.29) is 0 Å². The molecule has 144 valence electrons. The summed E-state index contributed by atoms with van der Waals surface area (Å²) < 4.78 is 20.4. The van der Waals surface area contributed by atoms with E-state index in [2.05, 4.69) is 46.6 Å². The Morgan fingerprint density at radius 2 is 1.78 bits per heavy atom. The zero-order chi connectivity index (χ0) is 18.7. The van der Waals surface area contributed by atoms with Crippen LogP contribution < -0.4 is 10.1 Å². The maximum atomic E-state index is 15.2. The Hall–Kier alpha value is -1.91. The topological polar surface area (TPSA) is 24.5 Å². The molecule has 4 heteroatoms. The number of benzene rings is 2. The fraction of sp³-hybridized carbons (Fsp3) is 0.478. The molecule has 1 aliphatic carbocycles. The molecular weight excluding hydrogens is 339 g/mol. The molecule has 2 aromatic carbocycles. The van der Waals surface area contributed by atoms with Crippen LogP contribution in [0.3, 0.4) is 0 Å². The number of nitrogens with zero attached hydrogens (tertiary/aromatic N) is 1. The van der Waals surface area contributed by atoms with Gasteiger partial charge in [-0.05, 0) is 42.5 Å². The van der Waals surface area contributed by atoms with Crippen LogP contribution in [0.5, 0.6) is 5.75 Å². The van der Waals surface area contributed by atoms with Crippen LogP contribution in [-0.2, 0) is 6.54 Å². The van der Waals surface area contributed by atoms with Crippen molar-refractivity contribution in [1.29, 1.82) is 0 Å². The summed E-state index contributed by atoms with van der Waals surface area (Å²) in [5.41, 5.74) is 1.56. The number of piperidine rings is 1. The lowest BCUT2D eigenvalue weighted by Gasteiger charge is -2.36. The lowest BCUT2D eigenvalue weighted by atomic mass is 9.93. The molecule has 0 radical (unpaired) electrons. The molecule has 2 unspecified atom stereocenters. The number of hydrogen-bond donors (Lipinski definition) is 1. The fourth-order valence-electron chi connectivity index (χ4n) is 4.08. The summed E-state index contributed by atoms with van der Waals surface area (Å²) in [5.74, 6) is 1.44. The van der Waals surface area contributed by atoms with Gasteiger partial charge in [-0.1, -0.05) is 42.5 Å². The minimum absolute atomic E-state index is 0.442. The van der Waals surface area contributed by atoms with E-state index in [4.69, 9.17) is 4.74 Å². The molecule has 0 amide bonds. The van der Waals surface area contributed by atoms with Gasteiger partial charge in [0.2, 0.25) is 0 Å². The van der Waals surface area contributed by atoms with Crippen LogP contribution in [0.15, 0.2) is 54.6 Å². The van der Waals surface area contributed by atoms with Crippen molar-refractivity contribution < 1.29 is 9.13 Å². The van der Waals surface area contributed by atoms with Crippen molar-refractivity contribution in [2.45, 2.75) is 43.4 Å². The second-order valence-electron chi connectivity index (χ2n) is 8.02. The van der Waals surface area contributed by atoms with Crippen molar-refractivity contribution in [3.05, 3.63) is 65.7 Å². The average Bonchev–Trinajstić information content (AvgIpc) is 3.50. The minimum atomic E-state index is -1.07. The maximum Gasteiger partial charge on any atom is 0.125 e. The van der Waals surface area contributed by atoms with Crippen LogP contribution >= 0.6 is 0 Å². The summed E-state index contributed by atoms with van der Waals surface area (Å²) >= 11 is 0. The predicted octanol–water partition coefficient (Wildman–Crippen LogP) is 4.15. The third kappa shape index (κ3) is 4.69. The summed E-state index contributed by atoms with van der Waals surface area (Å²) in [6, 6.07) is 19.2. The van der Waals surface area contributed by atoms with Crippen LogP contribution in [0, 0.1) is 0 Å². The predicted molar refractivity (Wildman–Crippen MR) is 107 cm³/mol. The van der Waals surface area contributed by atoms with Gasteiger partial charge in [0, 0.05) is 38.1 Å². The van der Waals surface area contributed by atoms with Gasteiger partial charge in [0.05, 0.1) is 7.11 Å². The van der Waals surface area contributed by atoms with E-state index in [1.165, 1.54) is 11.1 Å². The highest BCUT2D eigenvalue weighted by Gasteiger charge is 2.41. The van der Waals surface area contributed by atoms with Crippen LogP contribution in [-0.4, -0.2) is 43.4 Å². The Kier molecular flexibility index (Phi) is 5.46. The molecule has 0 spiro atoms. The molecule has 2 aromatic rings.